The topological polar surface area (TPSA) is 57.5 Å². The molecule has 1 aliphatic rings. The van der Waals surface area contributed by atoms with Crippen LogP contribution < -0.4 is 0 Å². The number of carboxylic acid groups (broad SMARTS) is 1. The fraction of sp³-hybridized carbons (Fsp3) is 0.865. The third-order valence-electron chi connectivity index (χ3n) is 9.47. The smallest absolute Gasteiger partial charge is 0.303 e. The first kappa shape index (κ1) is 36.8. The maximum Gasteiger partial charge on any atom is 0.303 e. The van der Waals surface area contributed by atoms with Crippen LogP contribution in [0.25, 0.3) is 0 Å². The van der Waals surface area contributed by atoms with Gasteiger partial charge in [-0.1, -0.05) is 148 Å². The van der Waals surface area contributed by atoms with Crippen molar-refractivity contribution in [1.82, 2.24) is 0 Å². The summed E-state index contributed by atoms with van der Waals surface area (Å²) in [5.74, 6) is 2.87. The Bertz CT molecular complexity index is 639. The van der Waals surface area contributed by atoms with Crippen LogP contribution in [0.2, 0.25) is 0 Å². The largest absolute Gasteiger partial charge is 0.513 e. The van der Waals surface area contributed by atoms with Gasteiger partial charge in [-0.15, -0.1) is 0 Å². The zero-order chi connectivity index (χ0) is 29.3. The van der Waals surface area contributed by atoms with Crippen molar-refractivity contribution in [3.8, 4) is 0 Å². The van der Waals surface area contributed by atoms with Gasteiger partial charge in [-0.25, -0.2) is 0 Å². The average molecular weight is 561 g/mol. The minimum atomic E-state index is -0.653. The Kier molecular flexibility index (Phi) is 23.4. The number of aliphatic hydroxyl groups excluding tert-OH is 1. The standard InChI is InChI=1S/C37H68O3/c1-4-6-8-10-15-21-27-36-34(26-20-14-11-13-18-24-32(3)38)31-30-33(25-19-9-7-5-2)35(36)28-22-16-12-17-23-29-37(39)40/h30-31,33-36,38H,3-29H2,1-2H3,(H,39,40). The fourth-order valence-corrected chi connectivity index (χ4v) is 7.08. The van der Waals surface area contributed by atoms with Crippen molar-refractivity contribution in [3.63, 3.8) is 0 Å². The molecule has 1 rings (SSSR count). The van der Waals surface area contributed by atoms with Gasteiger partial charge in [0.25, 0.3) is 0 Å². The van der Waals surface area contributed by atoms with E-state index < -0.39 is 5.97 Å². The molecule has 0 spiro atoms. The molecule has 0 aromatic heterocycles. The summed E-state index contributed by atoms with van der Waals surface area (Å²) in [7, 11) is 0. The Hall–Kier alpha value is -1.25. The molecule has 0 saturated heterocycles. The monoisotopic (exact) mass is 561 g/mol. The Morgan fingerprint density at radius 3 is 1.30 bits per heavy atom. The number of unbranched alkanes of at least 4 members (excludes halogenated alkanes) is 16. The third-order valence-corrected chi connectivity index (χ3v) is 9.47. The molecule has 2 N–H and O–H groups in total. The molecule has 0 bridgehead atoms. The fourth-order valence-electron chi connectivity index (χ4n) is 7.08. The van der Waals surface area contributed by atoms with E-state index in [1.807, 2.05) is 0 Å². The number of carboxylic acids is 1. The summed E-state index contributed by atoms with van der Waals surface area (Å²) in [5, 5.41) is 18.2. The molecule has 0 fully saturated rings. The van der Waals surface area contributed by atoms with Crippen LogP contribution in [-0.2, 0) is 4.79 Å². The first-order valence-corrected chi connectivity index (χ1v) is 17.8. The second kappa shape index (κ2) is 25.5. The predicted molar refractivity (Wildman–Crippen MR) is 174 cm³/mol. The molecule has 3 heteroatoms. The Balaban J connectivity index is 2.74. The van der Waals surface area contributed by atoms with Gasteiger partial charge < -0.3 is 10.2 Å². The van der Waals surface area contributed by atoms with Crippen LogP contribution in [-0.4, -0.2) is 16.2 Å². The molecule has 0 aromatic carbocycles. The SMILES string of the molecule is C=C(O)CCCCCCCC1C=CC(CCCCCC)C(CCCCCCCC(=O)O)C1CCCCCCCC. The zero-order valence-electron chi connectivity index (χ0n) is 26.9. The Morgan fingerprint density at radius 1 is 0.525 bits per heavy atom. The third kappa shape index (κ3) is 19.0. The van der Waals surface area contributed by atoms with Gasteiger partial charge in [0.15, 0.2) is 0 Å². The summed E-state index contributed by atoms with van der Waals surface area (Å²) in [6.07, 6.45) is 37.5. The number of carbonyl (C=O) groups is 1. The van der Waals surface area contributed by atoms with Crippen LogP contribution in [0.5, 0.6) is 0 Å². The Labute approximate surface area is 249 Å². The van der Waals surface area contributed by atoms with E-state index in [4.69, 9.17) is 5.11 Å². The van der Waals surface area contributed by atoms with Gasteiger partial charge in [-0.05, 0) is 62.2 Å². The molecule has 40 heavy (non-hydrogen) atoms. The van der Waals surface area contributed by atoms with Crippen LogP contribution in [0.3, 0.4) is 0 Å². The highest BCUT2D eigenvalue weighted by Crippen LogP contribution is 2.44. The van der Waals surface area contributed by atoms with Crippen molar-refractivity contribution in [3.05, 3.63) is 24.5 Å². The first-order valence-electron chi connectivity index (χ1n) is 17.8. The molecular weight excluding hydrogens is 492 g/mol. The van der Waals surface area contributed by atoms with Crippen LogP contribution in [0.4, 0.5) is 0 Å². The van der Waals surface area contributed by atoms with Gasteiger partial charge in [-0.2, -0.15) is 0 Å². The molecule has 0 heterocycles. The van der Waals surface area contributed by atoms with E-state index in [0.29, 0.717) is 12.2 Å². The van der Waals surface area contributed by atoms with E-state index in [-0.39, 0.29) is 0 Å². The van der Waals surface area contributed by atoms with Crippen molar-refractivity contribution in [2.75, 3.05) is 0 Å². The number of hydrogen-bond donors (Lipinski definition) is 2. The molecule has 0 amide bonds. The second-order valence-corrected chi connectivity index (χ2v) is 13.0. The summed E-state index contributed by atoms with van der Waals surface area (Å²) in [6, 6.07) is 0. The van der Waals surface area contributed by atoms with Crippen LogP contribution in [0.1, 0.15) is 181 Å². The molecule has 0 aliphatic heterocycles. The van der Waals surface area contributed by atoms with Crippen molar-refractivity contribution in [2.24, 2.45) is 23.7 Å². The molecule has 0 radical (unpaired) electrons. The molecule has 234 valence electrons. The molecule has 0 saturated carbocycles. The minimum absolute atomic E-state index is 0.325. The van der Waals surface area contributed by atoms with Gasteiger partial charge in [-0.3, -0.25) is 4.79 Å². The second-order valence-electron chi connectivity index (χ2n) is 13.0. The summed E-state index contributed by atoms with van der Waals surface area (Å²) in [4.78, 5) is 10.8. The zero-order valence-corrected chi connectivity index (χ0v) is 26.9. The number of aliphatic hydroxyl groups is 1. The van der Waals surface area contributed by atoms with Gasteiger partial charge >= 0.3 is 5.97 Å². The van der Waals surface area contributed by atoms with Crippen molar-refractivity contribution < 1.29 is 15.0 Å². The summed E-state index contributed by atoms with van der Waals surface area (Å²) >= 11 is 0. The highest BCUT2D eigenvalue weighted by Gasteiger charge is 2.34. The predicted octanol–water partition coefficient (Wildman–Crippen LogP) is 12.4. The normalized spacial score (nSPS) is 20.6. The Morgan fingerprint density at radius 2 is 0.875 bits per heavy atom. The highest BCUT2D eigenvalue weighted by atomic mass is 16.4. The van der Waals surface area contributed by atoms with E-state index in [9.17, 15) is 9.90 Å². The minimum Gasteiger partial charge on any atom is -0.513 e. The summed E-state index contributed by atoms with van der Waals surface area (Å²) < 4.78 is 0. The number of hydrogen-bond acceptors (Lipinski definition) is 2. The lowest BCUT2D eigenvalue weighted by molar-refractivity contribution is -0.137. The van der Waals surface area contributed by atoms with Crippen LogP contribution >= 0.6 is 0 Å². The van der Waals surface area contributed by atoms with Gasteiger partial charge in [0, 0.05) is 12.8 Å². The quantitative estimate of drug-likeness (QED) is 0.0568. The molecular formula is C37H68O3. The van der Waals surface area contributed by atoms with Gasteiger partial charge in [0.1, 0.15) is 0 Å². The first-order chi connectivity index (χ1) is 19.5. The van der Waals surface area contributed by atoms with E-state index in [2.05, 4.69) is 32.6 Å². The van der Waals surface area contributed by atoms with Crippen molar-refractivity contribution in [1.29, 1.82) is 0 Å². The van der Waals surface area contributed by atoms with Gasteiger partial charge in [0.05, 0.1) is 5.76 Å². The number of rotatable bonds is 28. The lowest BCUT2D eigenvalue weighted by Crippen LogP contribution is -2.32. The van der Waals surface area contributed by atoms with Gasteiger partial charge in [0.2, 0.25) is 0 Å². The maximum atomic E-state index is 10.8. The molecule has 1 aliphatic carbocycles. The maximum absolute atomic E-state index is 10.8. The molecule has 4 atom stereocenters. The van der Waals surface area contributed by atoms with Crippen molar-refractivity contribution in [2.45, 2.75) is 181 Å². The molecule has 3 nitrogen and oxygen atoms in total. The van der Waals surface area contributed by atoms with Crippen LogP contribution in [0, 0.1) is 23.7 Å². The molecule has 4 unspecified atom stereocenters. The summed E-state index contributed by atoms with van der Waals surface area (Å²) in [5.41, 5.74) is 0. The number of allylic oxidation sites excluding steroid dienone is 3. The van der Waals surface area contributed by atoms with E-state index in [1.54, 1.807) is 0 Å². The molecule has 0 aromatic rings. The highest BCUT2D eigenvalue weighted by molar-refractivity contribution is 5.66. The van der Waals surface area contributed by atoms with Crippen molar-refractivity contribution >= 4 is 5.97 Å². The number of aliphatic carboxylic acids is 1. The van der Waals surface area contributed by atoms with E-state index >= 15 is 0 Å². The van der Waals surface area contributed by atoms with E-state index in [1.165, 1.54) is 135 Å². The van der Waals surface area contributed by atoms with E-state index in [0.717, 1.165) is 49.4 Å². The average Bonchev–Trinajstić information content (AvgIpc) is 2.92. The van der Waals surface area contributed by atoms with Crippen LogP contribution in [0.15, 0.2) is 24.5 Å². The lowest BCUT2D eigenvalue weighted by Gasteiger charge is -2.41. The summed E-state index contributed by atoms with van der Waals surface area (Å²) in [6.45, 7) is 8.23. The lowest BCUT2D eigenvalue weighted by atomic mass is 9.64.